The fourth-order valence-electron chi connectivity index (χ4n) is 7.96. The maximum Gasteiger partial charge on any atom is 0.389 e. The molecule has 260 valence electrons. The molecule has 0 saturated heterocycles. The number of rotatable bonds is 5. The Morgan fingerprint density at radius 3 is 2.75 bits per heavy atom. The summed E-state index contributed by atoms with van der Waals surface area (Å²) in [7, 11) is -1.75. The number of Topliss-reactive ketones (excluding diaryl/α,β-unsaturated/α-hetero) is 1. The summed E-state index contributed by atoms with van der Waals surface area (Å²) in [4.78, 5) is 28.6. The van der Waals surface area contributed by atoms with E-state index in [9.17, 15) is 27.0 Å². The summed E-state index contributed by atoms with van der Waals surface area (Å²) >= 11 is 0. The van der Waals surface area contributed by atoms with Crippen LogP contribution in [-0.4, -0.2) is 66.5 Å². The standard InChI is InChI=1S/C37H45F3N2O5S/c1-25-9-13-31-26(19-25)7-6-16-36(31)23-42-21-28-10-12-30(28)33(46-2)8-4-3-5-18-48(45,22-29(43)15-17-37(38,39)40)41-35(44)27-11-14-34(47-24-36)32(42)20-27/h4,8-9,11,13-14,19-20,28,30,33H,3,5-7,10,12,15-18,21-24H2,1-2H3/b8-4+/t28-,30+,33-,36-,48+/m0/s1. The molecule has 2 bridgehead atoms. The molecule has 0 unspecified atom stereocenters. The zero-order valence-corrected chi connectivity index (χ0v) is 28.5. The first-order valence-corrected chi connectivity index (χ1v) is 18.9. The van der Waals surface area contributed by atoms with E-state index in [1.54, 1.807) is 25.3 Å². The lowest BCUT2D eigenvalue weighted by Gasteiger charge is -2.46. The van der Waals surface area contributed by atoms with Gasteiger partial charge in [0.05, 0.1) is 40.3 Å². The maximum atomic E-state index is 14.0. The summed E-state index contributed by atoms with van der Waals surface area (Å²) in [5.74, 6) is -1.000. The summed E-state index contributed by atoms with van der Waals surface area (Å²) in [6, 6.07) is 11.8. The quantitative estimate of drug-likeness (QED) is 0.306. The third-order valence-electron chi connectivity index (χ3n) is 10.6. The van der Waals surface area contributed by atoms with Gasteiger partial charge >= 0.3 is 6.18 Å². The highest BCUT2D eigenvalue weighted by atomic mass is 32.2. The Bertz CT molecular complexity index is 1700. The van der Waals surface area contributed by atoms with Gasteiger partial charge in [0, 0.05) is 43.4 Å². The number of carbonyl (C=O) groups excluding carboxylic acids is 2. The van der Waals surface area contributed by atoms with Crippen LogP contribution in [0.5, 0.6) is 5.75 Å². The second-order valence-corrected chi connectivity index (χ2v) is 16.5. The lowest BCUT2D eigenvalue weighted by Crippen LogP contribution is -2.49. The number of hydrogen-bond acceptors (Lipinski definition) is 6. The summed E-state index contributed by atoms with van der Waals surface area (Å²) < 4.78 is 69.1. The number of nitrogens with zero attached hydrogens (tertiary/aromatic N) is 2. The number of alkyl halides is 3. The van der Waals surface area contributed by atoms with Gasteiger partial charge in [-0.25, -0.2) is 4.21 Å². The van der Waals surface area contributed by atoms with Crippen LogP contribution in [-0.2, 0) is 31.1 Å². The van der Waals surface area contributed by atoms with Crippen LogP contribution < -0.4 is 9.64 Å². The molecule has 1 saturated carbocycles. The Morgan fingerprint density at radius 1 is 1.17 bits per heavy atom. The van der Waals surface area contributed by atoms with Gasteiger partial charge < -0.3 is 14.4 Å². The van der Waals surface area contributed by atoms with Crippen molar-refractivity contribution in [2.45, 2.75) is 82.4 Å². The molecule has 1 spiro atoms. The van der Waals surface area contributed by atoms with E-state index in [0.29, 0.717) is 43.6 Å². The van der Waals surface area contributed by atoms with Gasteiger partial charge in [0.15, 0.2) is 0 Å². The minimum Gasteiger partial charge on any atom is -0.490 e. The van der Waals surface area contributed by atoms with Gasteiger partial charge in [-0.1, -0.05) is 35.9 Å². The molecule has 0 radical (unpaired) electrons. The van der Waals surface area contributed by atoms with Crippen LogP contribution in [0, 0.1) is 18.8 Å². The van der Waals surface area contributed by atoms with Crippen molar-refractivity contribution < 1.29 is 36.4 Å². The summed E-state index contributed by atoms with van der Waals surface area (Å²) in [5, 5.41) is 0. The highest BCUT2D eigenvalue weighted by molar-refractivity contribution is 7.94. The molecule has 4 aliphatic rings. The fourth-order valence-corrected chi connectivity index (χ4v) is 9.93. The molecule has 2 heterocycles. The largest absolute Gasteiger partial charge is 0.490 e. The second kappa shape index (κ2) is 14.0. The minimum atomic E-state index is -4.51. The first kappa shape index (κ1) is 34.7. The number of allylic oxidation sites excluding steroid dienone is 1. The van der Waals surface area contributed by atoms with Gasteiger partial charge in [0.2, 0.25) is 0 Å². The maximum absolute atomic E-state index is 14.0. The molecule has 2 aromatic carbocycles. The SMILES string of the molecule is CO[C@H]1/C=C/CCC[S@@](=O)(CC(=O)CCC(F)(F)F)=NC(=O)c2ccc3c(c2)N(C[C@@H]2CC[C@H]21)C[C@@]1(CCCc2cc(C)ccc21)CO3. The average molecular weight is 687 g/mol. The van der Waals surface area contributed by atoms with E-state index < -0.39 is 46.2 Å². The van der Waals surface area contributed by atoms with E-state index in [-0.39, 0.29) is 22.8 Å². The molecule has 2 aromatic rings. The average Bonchev–Trinajstić information content (AvgIpc) is 3.17. The number of hydrogen-bond donors (Lipinski definition) is 0. The molecule has 5 atom stereocenters. The molecule has 2 aliphatic carbocycles. The van der Waals surface area contributed by atoms with Crippen LogP contribution >= 0.6 is 0 Å². The van der Waals surface area contributed by atoms with E-state index in [1.165, 1.54) is 16.7 Å². The van der Waals surface area contributed by atoms with Crippen LogP contribution in [0.25, 0.3) is 0 Å². The van der Waals surface area contributed by atoms with Gasteiger partial charge in [0.25, 0.3) is 5.91 Å². The summed E-state index contributed by atoms with van der Waals surface area (Å²) in [6.07, 6.45) is 3.31. The lowest BCUT2D eigenvalue weighted by atomic mass is 9.68. The topological polar surface area (TPSA) is 85.3 Å². The number of benzene rings is 2. The number of halogens is 3. The molecular weight excluding hydrogens is 641 g/mol. The van der Waals surface area contributed by atoms with Crippen molar-refractivity contribution >= 4 is 27.1 Å². The Hall–Kier alpha value is -3.18. The zero-order valence-electron chi connectivity index (χ0n) is 27.7. The van der Waals surface area contributed by atoms with Crippen LogP contribution in [0.4, 0.5) is 18.9 Å². The molecule has 0 N–H and O–H groups in total. The van der Waals surface area contributed by atoms with Crippen molar-refractivity contribution in [1.82, 2.24) is 0 Å². The van der Waals surface area contributed by atoms with Gasteiger partial charge in [0.1, 0.15) is 11.5 Å². The molecule has 0 aromatic heterocycles. The van der Waals surface area contributed by atoms with Crippen molar-refractivity contribution in [3.05, 3.63) is 70.8 Å². The Kier molecular flexibility index (Phi) is 10.1. The Balaban J connectivity index is 1.39. The Morgan fingerprint density at radius 2 is 2.00 bits per heavy atom. The smallest absolute Gasteiger partial charge is 0.389 e. The number of fused-ring (bicyclic) bond motifs is 4. The van der Waals surface area contributed by atoms with Gasteiger partial charge in [-0.3, -0.25) is 9.59 Å². The highest BCUT2D eigenvalue weighted by Gasteiger charge is 2.44. The van der Waals surface area contributed by atoms with Gasteiger partial charge in [-0.15, -0.1) is 0 Å². The van der Waals surface area contributed by atoms with E-state index in [1.807, 2.05) is 12.2 Å². The molecular formula is C37H45F3N2O5S. The van der Waals surface area contributed by atoms with E-state index in [2.05, 4.69) is 34.4 Å². The number of amides is 1. The number of carbonyl (C=O) groups is 2. The van der Waals surface area contributed by atoms with Crippen molar-refractivity contribution in [3.8, 4) is 5.75 Å². The van der Waals surface area contributed by atoms with Gasteiger partial charge in [-0.2, -0.15) is 17.5 Å². The Labute approximate surface area is 281 Å². The molecule has 2 aliphatic heterocycles. The number of ether oxygens (including phenoxy) is 2. The van der Waals surface area contributed by atoms with Crippen LogP contribution in [0.2, 0.25) is 0 Å². The van der Waals surface area contributed by atoms with E-state index in [0.717, 1.165) is 44.3 Å². The van der Waals surface area contributed by atoms with E-state index in [4.69, 9.17) is 9.47 Å². The third kappa shape index (κ3) is 7.67. The number of aryl methyl sites for hydroxylation is 2. The predicted octanol–water partition coefficient (Wildman–Crippen LogP) is 7.38. The first-order chi connectivity index (χ1) is 22.9. The van der Waals surface area contributed by atoms with Crippen molar-refractivity contribution in [2.24, 2.45) is 16.2 Å². The number of anilines is 1. The van der Waals surface area contributed by atoms with Crippen LogP contribution in [0.1, 0.15) is 78.4 Å². The molecule has 48 heavy (non-hydrogen) atoms. The molecule has 6 rings (SSSR count). The van der Waals surface area contributed by atoms with Crippen molar-refractivity contribution in [2.75, 3.05) is 43.2 Å². The molecule has 11 heteroatoms. The predicted molar refractivity (Wildman–Crippen MR) is 180 cm³/mol. The van der Waals surface area contributed by atoms with E-state index >= 15 is 0 Å². The van der Waals surface area contributed by atoms with Crippen LogP contribution in [0.15, 0.2) is 52.9 Å². The number of methoxy groups -OCH3 is 1. The summed E-state index contributed by atoms with van der Waals surface area (Å²) in [6.45, 7) is 4.06. The summed E-state index contributed by atoms with van der Waals surface area (Å²) in [5.41, 5.74) is 4.62. The minimum absolute atomic E-state index is 0.0773. The highest BCUT2D eigenvalue weighted by Crippen LogP contribution is 2.47. The van der Waals surface area contributed by atoms with Crippen molar-refractivity contribution in [3.63, 3.8) is 0 Å². The third-order valence-corrected chi connectivity index (χ3v) is 12.8. The first-order valence-electron chi connectivity index (χ1n) is 17.0. The molecule has 7 nitrogen and oxygen atoms in total. The van der Waals surface area contributed by atoms with Crippen molar-refractivity contribution in [1.29, 1.82) is 0 Å². The lowest BCUT2D eigenvalue weighted by molar-refractivity contribution is -0.142. The molecule has 1 fully saturated rings. The molecule has 1 amide bonds. The van der Waals surface area contributed by atoms with Gasteiger partial charge in [-0.05, 0) is 93.0 Å². The number of ketones is 1. The monoisotopic (exact) mass is 686 g/mol. The second-order valence-electron chi connectivity index (χ2n) is 14.1. The fraction of sp³-hybridized carbons (Fsp3) is 0.568. The van der Waals surface area contributed by atoms with Crippen LogP contribution in [0.3, 0.4) is 0 Å². The zero-order chi connectivity index (χ0) is 34.1. The normalized spacial score (nSPS) is 29.8.